The van der Waals surface area contributed by atoms with Crippen LogP contribution in [0.5, 0.6) is 0 Å². The van der Waals surface area contributed by atoms with Crippen LogP contribution < -0.4 is 5.73 Å². The number of aliphatic hydroxyl groups excluding tert-OH is 1. The van der Waals surface area contributed by atoms with E-state index in [9.17, 15) is 14.3 Å². The lowest BCUT2D eigenvalue weighted by molar-refractivity contribution is -0.159. The summed E-state index contributed by atoms with van der Waals surface area (Å²) in [6, 6.07) is 1.16. The molecule has 0 saturated carbocycles. The van der Waals surface area contributed by atoms with E-state index in [4.69, 9.17) is 10.5 Å². The van der Waals surface area contributed by atoms with Gasteiger partial charge in [0.05, 0.1) is 0 Å². The minimum absolute atomic E-state index is 0.259. The van der Waals surface area contributed by atoms with E-state index in [1.807, 2.05) is 0 Å². The monoisotopic (exact) mass is 256 g/mol. The van der Waals surface area contributed by atoms with Gasteiger partial charge in [-0.3, -0.25) is 4.79 Å². The lowest BCUT2D eigenvalue weighted by Crippen LogP contribution is -2.41. The quantitative estimate of drug-likeness (QED) is 0.620. The summed E-state index contributed by atoms with van der Waals surface area (Å²) in [7, 11) is 0. The van der Waals surface area contributed by atoms with E-state index in [1.165, 1.54) is 6.07 Å². The first-order valence-corrected chi connectivity index (χ1v) is 5.48. The van der Waals surface area contributed by atoms with Crippen molar-refractivity contribution in [3.8, 4) is 0 Å². The highest BCUT2D eigenvalue weighted by molar-refractivity contribution is 5.76. The van der Waals surface area contributed by atoms with Gasteiger partial charge in [0.1, 0.15) is 17.7 Å². The van der Waals surface area contributed by atoms with Crippen LogP contribution in [0.3, 0.4) is 0 Å². The summed E-state index contributed by atoms with van der Waals surface area (Å²) < 4.78 is 17.7. The molecule has 3 N–H and O–H groups in total. The Bertz CT molecular complexity index is 414. The van der Waals surface area contributed by atoms with Crippen molar-refractivity contribution in [2.45, 2.75) is 38.5 Å². The van der Waals surface area contributed by atoms with Gasteiger partial charge >= 0.3 is 5.97 Å². The predicted molar refractivity (Wildman–Crippen MR) is 63.0 cm³/mol. The van der Waals surface area contributed by atoms with Crippen molar-refractivity contribution in [1.82, 2.24) is 4.98 Å². The second kappa shape index (κ2) is 5.41. The van der Waals surface area contributed by atoms with Gasteiger partial charge in [0.25, 0.3) is 0 Å². The minimum Gasteiger partial charge on any atom is -0.459 e. The van der Waals surface area contributed by atoms with Gasteiger partial charge in [0.15, 0.2) is 0 Å². The normalized spacial score (nSPS) is 15.0. The average Bonchev–Trinajstić information content (AvgIpc) is 2.26. The van der Waals surface area contributed by atoms with Crippen molar-refractivity contribution in [3.05, 3.63) is 29.8 Å². The zero-order valence-corrected chi connectivity index (χ0v) is 10.6. The van der Waals surface area contributed by atoms with Gasteiger partial charge in [0.2, 0.25) is 5.95 Å². The zero-order chi connectivity index (χ0) is 13.9. The summed E-state index contributed by atoms with van der Waals surface area (Å²) in [5.41, 5.74) is 5.17. The SMILES string of the molecule is CC(C)(C)OC(=O)[C@H](N)[C@@H](O)c1ccc(F)nc1. The van der Waals surface area contributed by atoms with Crippen LogP contribution in [0, 0.1) is 5.95 Å². The molecule has 0 spiro atoms. The molecule has 0 fully saturated rings. The Morgan fingerprint density at radius 1 is 1.50 bits per heavy atom. The average molecular weight is 256 g/mol. The molecule has 2 atom stereocenters. The van der Waals surface area contributed by atoms with Crippen LogP contribution in [0.15, 0.2) is 18.3 Å². The van der Waals surface area contributed by atoms with Crippen molar-refractivity contribution in [1.29, 1.82) is 0 Å². The van der Waals surface area contributed by atoms with Crippen LogP contribution in [0.1, 0.15) is 32.4 Å². The number of halogens is 1. The maximum Gasteiger partial charge on any atom is 0.326 e. The largest absolute Gasteiger partial charge is 0.459 e. The van der Waals surface area contributed by atoms with E-state index in [0.717, 1.165) is 12.3 Å². The van der Waals surface area contributed by atoms with Crippen LogP contribution in [-0.4, -0.2) is 27.7 Å². The summed E-state index contributed by atoms with van der Waals surface area (Å²) in [6.45, 7) is 5.09. The van der Waals surface area contributed by atoms with Gasteiger partial charge in [-0.15, -0.1) is 0 Å². The molecule has 1 aromatic heterocycles. The summed E-state index contributed by atoms with van der Waals surface area (Å²) in [6.07, 6.45) is -0.155. The van der Waals surface area contributed by atoms with Crippen LogP contribution in [0.2, 0.25) is 0 Å². The highest BCUT2D eigenvalue weighted by Gasteiger charge is 2.29. The predicted octanol–water partition coefficient (Wildman–Crippen LogP) is 0.923. The van der Waals surface area contributed by atoms with Crippen LogP contribution in [0.4, 0.5) is 4.39 Å². The number of hydrogen-bond donors (Lipinski definition) is 2. The molecule has 5 nitrogen and oxygen atoms in total. The zero-order valence-electron chi connectivity index (χ0n) is 10.6. The Balaban J connectivity index is 2.74. The number of rotatable bonds is 3. The molecule has 0 aliphatic rings. The van der Waals surface area contributed by atoms with Crippen molar-refractivity contribution in [2.24, 2.45) is 5.73 Å². The highest BCUT2D eigenvalue weighted by atomic mass is 19.1. The van der Waals surface area contributed by atoms with Gasteiger partial charge in [0, 0.05) is 11.8 Å². The van der Waals surface area contributed by atoms with Crippen LogP contribution in [-0.2, 0) is 9.53 Å². The molecule has 0 radical (unpaired) electrons. The molecule has 6 heteroatoms. The number of carbonyl (C=O) groups excluding carboxylic acids is 1. The molecule has 100 valence electrons. The number of carbonyl (C=O) groups is 1. The van der Waals surface area contributed by atoms with Crippen LogP contribution in [0.25, 0.3) is 0 Å². The number of nitrogens with two attached hydrogens (primary N) is 1. The Morgan fingerprint density at radius 2 is 2.11 bits per heavy atom. The molecule has 0 aliphatic heterocycles. The molecule has 0 aromatic carbocycles. The number of nitrogens with zero attached hydrogens (tertiary/aromatic N) is 1. The summed E-state index contributed by atoms with van der Waals surface area (Å²) in [4.78, 5) is 15.0. The summed E-state index contributed by atoms with van der Waals surface area (Å²) in [5.74, 6) is -1.39. The van der Waals surface area contributed by atoms with Gasteiger partial charge in [-0.2, -0.15) is 4.39 Å². The smallest absolute Gasteiger partial charge is 0.326 e. The maximum atomic E-state index is 12.6. The number of esters is 1. The fourth-order valence-corrected chi connectivity index (χ4v) is 1.27. The lowest BCUT2D eigenvalue weighted by atomic mass is 10.0. The molecule has 0 bridgehead atoms. The molecule has 1 heterocycles. The molecule has 0 unspecified atom stereocenters. The van der Waals surface area contributed by atoms with E-state index in [-0.39, 0.29) is 5.56 Å². The third kappa shape index (κ3) is 4.05. The maximum absolute atomic E-state index is 12.6. The standard InChI is InChI=1S/C12H17FN2O3/c1-12(2,3)18-11(17)9(14)10(16)7-4-5-8(13)15-6-7/h4-6,9-10,16H,14H2,1-3H3/t9-,10+/m1/s1. The molecule has 18 heavy (non-hydrogen) atoms. The Hall–Kier alpha value is -1.53. The van der Waals surface area contributed by atoms with E-state index in [2.05, 4.69) is 4.98 Å². The molecular formula is C12H17FN2O3. The van der Waals surface area contributed by atoms with Crippen molar-refractivity contribution < 1.29 is 19.0 Å². The molecule has 1 aromatic rings. The molecule has 1 rings (SSSR count). The summed E-state index contributed by atoms with van der Waals surface area (Å²) in [5, 5.41) is 9.86. The topological polar surface area (TPSA) is 85.4 Å². The van der Waals surface area contributed by atoms with Crippen LogP contribution >= 0.6 is 0 Å². The van der Waals surface area contributed by atoms with Crippen molar-refractivity contribution >= 4 is 5.97 Å². The van der Waals surface area contributed by atoms with Gasteiger partial charge < -0.3 is 15.6 Å². The Morgan fingerprint density at radius 3 is 2.56 bits per heavy atom. The molecular weight excluding hydrogens is 239 g/mol. The number of aromatic nitrogens is 1. The second-order valence-electron chi connectivity index (χ2n) is 4.92. The minimum atomic E-state index is -1.28. The van der Waals surface area contributed by atoms with Gasteiger partial charge in [-0.05, 0) is 26.8 Å². The first-order chi connectivity index (χ1) is 8.20. The van der Waals surface area contributed by atoms with Crippen molar-refractivity contribution in [3.63, 3.8) is 0 Å². The number of aliphatic hydroxyl groups is 1. The highest BCUT2D eigenvalue weighted by Crippen LogP contribution is 2.18. The third-order valence-corrected chi connectivity index (χ3v) is 2.11. The van der Waals surface area contributed by atoms with Gasteiger partial charge in [-0.1, -0.05) is 6.07 Å². The number of hydrogen-bond acceptors (Lipinski definition) is 5. The third-order valence-electron chi connectivity index (χ3n) is 2.11. The fraction of sp³-hybridized carbons (Fsp3) is 0.500. The van der Waals surface area contributed by atoms with E-state index < -0.39 is 29.7 Å². The fourth-order valence-electron chi connectivity index (χ4n) is 1.27. The van der Waals surface area contributed by atoms with E-state index in [0.29, 0.717) is 0 Å². The molecule has 0 aliphatic carbocycles. The van der Waals surface area contributed by atoms with Crippen molar-refractivity contribution in [2.75, 3.05) is 0 Å². The number of pyridine rings is 1. The first kappa shape index (κ1) is 14.5. The lowest BCUT2D eigenvalue weighted by Gasteiger charge is -2.24. The Labute approximate surface area is 105 Å². The Kier molecular flexibility index (Phi) is 4.37. The molecule has 0 saturated heterocycles. The van der Waals surface area contributed by atoms with Gasteiger partial charge in [-0.25, -0.2) is 4.98 Å². The summed E-state index contributed by atoms with van der Waals surface area (Å²) >= 11 is 0. The first-order valence-electron chi connectivity index (χ1n) is 5.48. The second-order valence-corrected chi connectivity index (χ2v) is 4.92. The van der Waals surface area contributed by atoms with E-state index >= 15 is 0 Å². The molecule has 0 amide bonds. The number of ether oxygens (including phenoxy) is 1. The van der Waals surface area contributed by atoms with E-state index in [1.54, 1.807) is 20.8 Å².